The zero-order valence-corrected chi connectivity index (χ0v) is 8.68. The van der Waals surface area contributed by atoms with E-state index in [0.717, 1.165) is 6.07 Å². The van der Waals surface area contributed by atoms with Gasteiger partial charge >= 0.3 is 0 Å². The van der Waals surface area contributed by atoms with Crippen molar-refractivity contribution in [2.75, 3.05) is 0 Å². The number of aromatic amines is 1. The minimum Gasteiger partial charge on any atom is -0.336 e. The van der Waals surface area contributed by atoms with Gasteiger partial charge in [0.25, 0.3) is 0 Å². The highest BCUT2D eigenvalue weighted by Gasteiger charge is 2.11. The Morgan fingerprint density at radius 3 is 2.88 bits per heavy atom. The van der Waals surface area contributed by atoms with Gasteiger partial charge in [0.2, 0.25) is 0 Å². The summed E-state index contributed by atoms with van der Waals surface area (Å²) in [4.78, 5) is 10.9. The second-order valence-electron chi connectivity index (χ2n) is 3.21. The molecule has 2 aromatic heterocycles. The summed E-state index contributed by atoms with van der Waals surface area (Å²) in [6.07, 6.45) is 1.63. The van der Waals surface area contributed by atoms with Crippen molar-refractivity contribution >= 4 is 22.4 Å². The number of nitrogens with zero attached hydrogens (tertiary/aromatic N) is 2. The zero-order valence-electron chi connectivity index (χ0n) is 7.87. The second kappa shape index (κ2) is 3.34. The van der Waals surface area contributed by atoms with Gasteiger partial charge in [0.05, 0.1) is 5.52 Å². The average Bonchev–Trinajstić information content (AvgIpc) is 2.82. The van der Waals surface area contributed by atoms with E-state index < -0.39 is 11.6 Å². The van der Waals surface area contributed by atoms with Gasteiger partial charge in [0.1, 0.15) is 11.3 Å². The molecule has 0 radical (unpaired) electrons. The molecule has 1 N–H and O–H groups in total. The van der Waals surface area contributed by atoms with Crippen molar-refractivity contribution in [2.24, 2.45) is 0 Å². The lowest BCUT2D eigenvalue weighted by molar-refractivity contribution is 0.591. The van der Waals surface area contributed by atoms with Crippen molar-refractivity contribution in [1.29, 1.82) is 0 Å². The summed E-state index contributed by atoms with van der Waals surface area (Å²) in [5, 5.41) is 2.44. The first-order chi connectivity index (χ1) is 7.74. The molecule has 0 aliphatic heterocycles. The third-order valence-corrected chi connectivity index (χ3v) is 2.92. The molecule has 0 fully saturated rings. The van der Waals surface area contributed by atoms with Crippen molar-refractivity contribution in [3.63, 3.8) is 0 Å². The van der Waals surface area contributed by atoms with Gasteiger partial charge in [-0.2, -0.15) is 0 Å². The molecule has 1 aromatic carbocycles. The Labute approximate surface area is 92.8 Å². The number of nitrogens with one attached hydrogen (secondary N) is 1. The van der Waals surface area contributed by atoms with Crippen molar-refractivity contribution < 1.29 is 8.78 Å². The normalized spacial score (nSPS) is 11.1. The van der Waals surface area contributed by atoms with Crippen LogP contribution in [0.4, 0.5) is 8.78 Å². The number of aromatic nitrogens is 3. The van der Waals surface area contributed by atoms with Crippen LogP contribution in [0.3, 0.4) is 0 Å². The van der Waals surface area contributed by atoms with Crippen LogP contribution in [0.5, 0.6) is 0 Å². The van der Waals surface area contributed by atoms with Crippen LogP contribution in [-0.2, 0) is 0 Å². The summed E-state index contributed by atoms with van der Waals surface area (Å²) in [5.74, 6) is -0.845. The van der Waals surface area contributed by atoms with Crippen LogP contribution in [0.2, 0.25) is 0 Å². The predicted octanol–water partition coefficient (Wildman–Crippen LogP) is 2.96. The van der Waals surface area contributed by atoms with E-state index >= 15 is 0 Å². The van der Waals surface area contributed by atoms with Gasteiger partial charge in [0.15, 0.2) is 16.6 Å². The molecular weight excluding hydrogens is 232 g/mol. The number of halogens is 2. The number of thiazole rings is 1. The number of benzene rings is 1. The van der Waals surface area contributed by atoms with Gasteiger partial charge in [-0.1, -0.05) is 0 Å². The topological polar surface area (TPSA) is 41.6 Å². The molecule has 0 amide bonds. The number of H-pyrrole nitrogens is 1. The smallest absolute Gasteiger partial charge is 0.167 e. The average molecular weight is 237 g/mol. The van der Waals surface area contributed by atoms with E-state index in [-0.39, 0.29) is 5.52 Å². The summed E-state index contributed by atoms with van der Waals surface area (Å²) in [6.45, 7) is 0. The number of rotatable bonds is 1. The molecule has 0 bridgehead atoms. The Hall–Kier alpha value is -1.82. The number of hydrogen-bond acceptors (Lipinski definition) is 3. The first-order valence-electron chi connectivity index (χ1n) is 4.48. The van der Waals surface area contributed by atoms with Gasteiger partial charge in [-0.05, 0) is 6.07 Å². The van der Waals surface area contributed by atoms with E-state index in [4.69, 9.17) is 0 Å². The molecule has 2 heterocycles. The summed E-state index contributed by atoms with van der Waals surface area (Å²) in [6, 6.07) is 2.03. The second-order valence-corrected chi connectivity index (χ2v) is 4.10. The van der Waals surface area contributed by atoms with Crippen LogP contribution < -0.4 is 0 Å². The van der Waals surface area contributed by atoms with Crippen LogP contribution in [0, 0.1) is 11.6 Å². The zero-order chi connectivity index (χ0) is 11.1. The number of hydrogen-bond donors (Lipinski definition) is 1. The molecule has 3 nitrogen and oxygen atoms in total. The standard InChI is InChI=1S/C10H5F2N3S/c11-5-3-6(12)8-7(4-5)14-9(15-8)10-13-1-2-16-10/h1-4H,(H,14,15). The molecule has 16 heavy (non-hydrogen) atoms. The van der Waals surface area contributed by atoms with Crippen molar-refractivity contribution in [3.8, 4) is 10.8 Å². The molecule has 0 atom stereocenters. The molecule has 0 saturated carbocycles. The lowest BCUT2D eigenvalue weighted by Crippen LogP contribution is -1.81. The lowest BCUT2D eigenvalue weighted by Gasteiger charge is -1.90. The molecule has 0 aliphatic rings. The highest BCUT2D eigenvalue weighted by molar-refractivity contribution is 7.13. The fraction of sp³-hybridized carbons (Fsp3) is 0. The maximum absolute atomic E-state index is 13.4. The van der Waals surface area contributed by atoms with Gasteiger partial charge in [-0.15, -0.1) is 11.3 Å². The van der Waals surface area contributed by atoms with Crippen molar-refractivity contribution in [1.82, 2.24) is 15.0 Å². The summed E-state index contributed by atoms with van der Waals surface area (Å²) >= 11 is 1.38. The Bertz CT molecular complexity index is 645. The predicted molar refractivity (Wildman–Crippen MR) is 57.1 cm³/mol. The number of imidazole rings is 1. The molecule has 0 aliphatic carbocycles. The lowest BCUT2D eigenvalue weighted by atomic mass is 10.3. The first kappa shape index (κ1) is 9.41. The molecule has 3 rings (SSSR count). The maximum Gasteiger partial charge on any atom is 0.167 e. The van der Waals surface area contributed by atoms with Crippen LogP contribution in [0.25, 0.3) is 21.9 Å². The van der Waals surface area contributed by atoms with Crippen molar-refractivity contribution in [2.45, 2.75) is 0 Å². The summed E-state index contributed by atoms with van der Waals surface area (Å²) in [7, 11) is 0. The Kier molecular flexibility index (Phi) is 1.97. The fourth-order valence-corrected chi connectivity index (χ4v) is 2.06. The SMILES string of the molecule is Fc1cc(F)c2nc(-c3nccs3)[nH]c2c1. The third kappa shape index (κ3) is 1.38. The Morgan fingerprint density at radius 2 is 2.12 bits per heavy atom. The number of fused-ring (bicyclic) bond motifs is 1. The van der Waals surface area contributed by atoms with Gasteiger partial charge in [-0.3, -0.25) is 0 Å². The molecule has 80 valence electrons. The first-order valence-corrected chi connectivity index (χ1v) is 5.36. The van der Waals surface area contributed by atoms with E-state index in [2.05, 4.69) is 15.0 Å². The van der Waals surface area contributed by atoms with Crippen molar-refractivity contribution in [3.05, 3.63) is 35.3 Å². The largest absolute Gasteiger partial charge is 0.336 e. The van der Waals surface area contributed by atoms with E-state index in [1.807, 2.05) is 0 Å². The van der Waals surface area contributed by atoms with Gasteiger partial charge < -0.3 is 4.98 Å². The third-order valence-electron chi connectivity index (χ3n) is 2.14. The minimum absolute atomic E-state index is 0.131. The van der Waals surface area contributed by atoms with E-state index in [1.165, 1.54) is 17.4 Å². The summed E-state index contributed by atoms with van der Waals surface area (Å²) in [5.41, 5.74) is 0.467. The van der Waals surface area contributed by atoms with E-state index in [1.54, 1.807) is 11.6 Å². The molecule has 0 unspecified atom stereocenters. The fourth-order valence-electron chi connectivity index (χ4n) is 1.48. The molecule has 0 spiro atoms. The van der Waals surface area contributed by atoms with E-state index in [0.29, 0.717) is 16.3 Å². The minimum atomic E-state index is -0.672. The molecule has 3 aromatic rings. The highest BCUT2D eigenvalue weighted by atomic mass is 32.1. The summed E-state index contributed by atoms with van der Waals surface area (Å²) < 4.78 is 26.3. The molecular formula is C10H5F2N3S. The maximum atomic E-state index is 13.4. The van der Waals surface area contributed by atoms with E-state index in [9.17, 15) is 8.78 Å². The van der Waals surface area contributed by atoms with Gasteiger partial charge in [0, 0.05) is 17.6 Å². The molecule has 0 saturated heterocycles. The molecule has 6 heteroatoms. The van der Waals surface area contributed by atoms with Crippen LogP contribution in [0.1, 0.15) is 0 Å². The van der Waals surface area contributed by atoms with Crippen LogP contribution >= 0.6 is 11.3 Å². The quantitative estimate of drug-likeness (QED) is 0.707. The van der Waals surface area contributed by atoms with Gasteiger partial charge in [-0.25, -0.2) is 18.7 Å². The van der Waals surface area contributed by atoms with Crippen LogP contribution in [0.15, 0.2) is 23.7 Å². The highest BCUT2D eigenvalue weighted by Crippen LogP contribution is 2.24. The Morgan fingerprint density at radius 1 is 1.25 bits per heavy atom. The monoisotopic (exact) mass is 237 g/mol. The Balaban J connectivity index is 2.27. The van der Waals surface area contributed by atoms with Crippen LogP contribution in [-0.4, -0.2) is 15.0 Å².